The SMILES string of the molecule is CCOc1ccc(/C(O)=C2/C(=O)C(=O)N(c3ccc(Nc4ccccc4)cc3)C2c2ccc(O)cc2)c(OCC)c1. The summed E-state index contributed by atoms with van der Waals surface area (Å²) in [5.41, 5.74) is 2.90. The molecule has 0 aromatic heterocycles. The number of aliphatic hydroxyl groups excluding tert-OH is 1. The topological polar surface area (TPSA) is 108 Å². The highest BCUT2D eigenvalue weighted by Gasteiger charge is 2.47. The van der Waals surface area contributed by atoms with Gasteiger partial charge in [-0.2, -0.15) is 0 Å². The van der Waals surface area contributed by atoms with Crippen molar-refractivity contribution in [3.63, 3.8) is 0 Å². The molecule has 4 aromatic carbocycles. The average molecular weight is 551 g/mol. The number of aliphatic hydroxyl groups is 1. The molecule has 1 aliphatic rings. The summed E-state index contributed by atoms with van der Waals surface area (Å²) in [5, 5.41) is 24.8. The number of ether oxygens (including phenoxy) is 2. The lowest BCUT2D eigenvalue weighted by molar-refractivity contribution is -0.132. The molecule has 8 heteroatoms. The van der Waals surface area contributed by atoms with Crippen molar-refractivity contribution in [3.05, 3.63) is 114 Å². The van der Waals surface area contributed by atoms with E-state index in [9.17, 15) is 19.8 Å². The van der Waals surface area contributed by atoms with Crippen LogP contribution in [0, 0.1) is 0 Å². The lowest BCUT2D eigenvalue weighted by atomic mass is 9.94. The van der Waals surface area contributed by atoms with Crippen LogP contribution in [0.3, 0.4) is 0 Å². The standard InChI is InChI=1S/C33H30N2O6/c1-3-40-26-18-19-27(28(20-26)41-4-2)31(37)29-30(21-10-16-25(36)17-11-21)35(33(39)32(29)38)24-14-12-23(13-15-24)34-22-8-6-5-7-9-22/h5-20,30,34,36-37H,3-4H2,1-2H3/b31-29-. The maximum atomic E-state index is 13.6. The average Bonchev–Trinajstić information content (AvgIpc) is 3.24. The number of carbonyl (C=O) groups excluding carboxylic acids is 2. The number of phenols is 1. The van der Waals surface area contributed by atoms with E-state index in [2.05, 4.69) is 5.32 Å². The number of aromatic hydroxyl groups is 1. The van der Waals surface area contributed by atoms with Crippen LogP contribution < -0.4 is 19.7 Å². The molecule has 8 nitrogen and oxygen atoms in total. The van der Waals surface area contributed by atoms with Crippen LogP contribution >= 0.6 is 0 Å². The molecule has 41 heavy (non-hydrogen) atoms. The van der Waals surface area contributed by atoms with Crippen LogP contribution in [-0.4, -0.2) is 35.1 Å². The van der Waals surface area contributed by atoms with Gasteiger partial charge in [-0.3, -0.25) is 14.5 Å². The minimum Gasteiger partial charge on any atom is -0.508 e. The van der Waals surface area contributed by atoms with Gasteiger partial charge in [0, 0.05) is 23.1 Å². The van der Waals surface area contributed by atoms with Crippen LogP contribution in [0.1, 0.15) is 31.0 Å². The van der Waals surface area contributed by atoms with Gasteiger partial charge in [0.2, 0.25) is 0 Å². The molecule has 3 N–H and O–H groups in total. The third-order valence-electron chi connectivity index (χ3n) is 6.68. The molecule has 1 amide bonds. The Morgan fingerprint density at radius 1 is 0.829 bits per heavy atom. The number of amides is 1. The van der Waals surface area contributed by atoms with Crippen molar-refractivity contribution in [1.82, 2.24) is 0 Å². The molecule has 1 saturated heterocycles. The number of benzene rings is 4. The molecular weight excluding hydrogens is 520 g/mol. The fraction of sp³-hybridized carbons (Fsp3) is 0.152. The first-order valence-corrected chi connectivity index (χ1v) is 13.3. The quantitative estimate of drug-likeness (QED) is 0.123. The summed E-state index contributed by atoms with van der Waals surface area (Å²) in [4.78, 5) is 28.5. The molecule has 1 heterocycles. The van der Waals surface area contributed by atoms with E-state index < -0.39 is 17.7 Å². The first-order chi connectivity index (χ1) is 19.9. The summed E-state index contributed by atoms with van der Waals surface area (Å²) in [5.74, 6) is -1.07. The van der Waals surface area contributed by atoms with E-state index in [4.69, 9.17) is 9.47 Å². The van der Waals surface area contributed by atoms with E-state index in [1.807, 2.05) is 56.3 Å². The number of ketones is 1. The highest BCUT2D eigenvalue weighted by molar-refractivity contribution is 6.51. The van der Waals surface area contributed by atoms with Crippen molar-refractivity contribution >= 4 is 34.5 Å². The van der Waals surface area contributed by atoms with Crippen molar-refractivity contribution in [1.29, 1.82) is 0 Å². The normalized spacial score (nSPS) is 16.0. The second-order valence-electron chi connectivity index (χ2n) is 9.32. The maximum Gasteiger partial charge on any atom is 0.300 e. The molecule has 0 saturated carbocycles. The molecule has 1 aliphatic heterocycles. The Kier molecular flexibility index (Phi) is 7.92. The van der Waals surface area contributed by atoms with Crippen molar-refractivity contribution < 1.29 is 29.3 Å². The van der Waals surface area contributed by atoms with E-state index in [1.54, 1.807) is 42.5 Å². The molecule has 0 spiro atoms. The molecule has 4 aromatic rings. The molecule has 1 atom stereocenters. The van der Waals surface area contributed by atoms with Gasteiger partial charge in [-0.05, 0) is 80.1 Å². The number of hydrogen-bond acceptors (Lipinski definition) is 7. The summed E-state index contributed by atoms with van der Waals surface area (Å²) in [6.07, 6.45) is 0. The van der Waals surface area contributed by atoms with Gasteiger partial charge in [0.15, 0.2) is 0 Å². The molecule has 1 fully saturated rings. The predicted octanol–water partition coefficient (Wildman–Crippen LogP) is 6.56. The summed E-state index contributed by atoms with van der Waals surface area (Å²) < 4.78 is 11.4. The van der Waals surface area contributed by atoms with Crippen LogP contribution in [0.25, 0.3) is 5.76 Å². The minimum absolute atomic E-state index is 0.0344. The number of para-hydroxylation sites is 1. The van der Waals surface area contributed by atoms with Gasteiger partial charge in [0.05, 0.1) is 30.4 Å². The van der Waals surface area contributed by atoms with Crippen molar-refractivity contribution in [2.24, 2.45) is 0 Å². The Labute approximate surface area is 238 Å². The van der Waals surface area contributed by atoms with E-state index in [0.29, 0.717) is 36.0 Å². The Morgan fingerprint density at radius 2 is 1.49 bits per heavy atom. The second kappa shape index (κ2) is 11.9. The third-order valence-corrected chi connectivity index (χ3v) is 6.68. The zero-order valence-corrected chi connectivity index (χ0v) is 22.7. The van der Waals surface area contributed by atoms with E-state index >= 15 is 0 Å². The predicted molar refractivity (Wildman–Crippen MR) is 158 cm³/mol. The second-order valence-corrected chi connectivity index (χ2v) is 9.32. The number of rotatable bonds is 9. The lowest BCUT2D eigenvalue weighted by Crippen LogP contribution is -2.29. The smallest absolute Gasteiger partial charge is 0.300 e. The largest absolute Gasteiger partial charge is 0.508 e. The molecule has 208 valence electrons. The summed E-state index contributed by atoms with van der Waals surface area (Å²) in [6.45, 7) is 4.43. The lowest BCUT2D eigenvalue weighted by Gasteiger charge is -2.26. The van der Waals surface area contributed by atoms with Gasteiger partial charge in [-0.1, -0.05) is 30.3 Å². The van der Waals surface area contributed by atoms with Crippen molar-refractivity contribution in [2.45, 2.75) is 19.9 Å². The third kappa shape index (κ3) is 5.58. The Hall–Kier alpha value is -5.24. The molecule has 0 aliphatic carbocycles. The summed E-state index contributed by atoms with van der Waals surface area (Å²) >= 11 is 0. The number of phenolic OH excluding ortho intramolecular Hbond substituents is 1. The molecular formula is C33H30N2O6. The first-order valence-electron chi connectivity index (χ1n) is 13.3. The van der Waals surface area contributed by atoms with E-state index in [0.717, 1.165) is 11.4 Å². The van der Waals surface area contributed by atoms with Crippen LogP contribution in [0.5, 0.6) is 17.2 Å². The van der Waals surface area contributed by atoms with Crippen LogP contribution in [0.4, 0.5) is 17.1 Å². The van der Waals surface area contributed by atoms with Gasteiger partial charge in [-0.25, -0.2) is 0 Å². The monoisotopic (exact) mass is 550 g/mol. The highest BCUT2D eigenvalue weighted by Crippen LogP contribution is 2.44. The van der Waals surface area contributed by atoms with Crippen molar-refractivity contribution in [3.8, 4) is 17.2 Å². The van der Waals surface area contributed by atoms with Gasteiger partial charge in [-0.15, -0.1) is 0 Å². The van der Waals surface area contributed by atoms with Crippen LogP contribution in [-0.2, 0) is 9.59 Å². The van der Waals surface area contributed by atoms with Gasteiger partial charge in [0.25, 0.3) is 11.7 Å². The Morgan fingerprint density at radius 3 is 2.15 bits per heavy atom. The Bertz CT molecular complexity index is 1580. The highest BCUT2D eigenvalue weighted by atomic mass is 16.5. The zero-order chi connectivity index (χ0) is 28.9. The van der Waals surface area contributed by atoms with Crippen LogP contribution in [0.15, 0.2) is 103 Å². The van der Waals surface area contributed by atoms with Crippen molar-refractivity contribution in [2.75, 3.05) is 23.4 Å². The summed E-state index contributed by atoms with van der Waals surface area (Å²) in [7, 11) is 0. The van der Waals surface area contributed by atoms with E-state index in [-0.39, 0.29) is 22.6 Å². The number of nitrogens with one attached hydrogen (secondary N) is 1. The summed E-state index contributed by atoms with van der Waals surface area (Å²) in [6, 6.07) is 26.9. The number of anilines is 3. The fourth-order valence-corrected chi connectivity index (χ4v) is 4.84. The maximum absolute atomic E-state index is 13.6. The number of hydrogen-bond donors (Lipinski definition) is 3. The van der Waals surface area contributed by atoms with E-state index in [1.165, 1.54) is 17.0 Å². The molecule has 0 bridgehead atoms. The first kappa shape index (κ1) is 27.3. The minimum atomic E-state index is -0.954. The molecule has 0 radical (unpaired) electrons. The Balaban J connectivity index is 1.60. The van der Waals surface area contributed by atoms with Gasteiger partial charge in [0.1, 0.15) is 23.0 Å². The zero-order valence-electron chi connectivity index (χ0n) is 22.7. The fourth-order valence-electron chi connectivity index (χ4n) is 4.84. The number of nitrogens with zero attached hydrogens (tertiary/aromatic N) is 1. The van der Waals surface area contributed by atoms with Gasteiger partial charge >= 0.3 is 0 Å². The van der Waals surface area contributed by atoms with Gasteiger partial charge < -0.3 is 25.0 Å². The number of carbonyl (C=O) groups is 2. The van der Waals surface area contributed by atoms with Crippen LogP contribution in [0.2, 0.25) is 0 Å². The molecule has 1 unspecified atom stereocenters. The molecule has 5 rings (SSSR count). The number of Topliss-reactive ketones (excluding diaryl/α,β-unsaturated/α-hetero) is 1.